The van der Waals surface area contributed by atoms with Crippen LogP contribution in [0.1, 0.15) is 0 Å². The second-order valence-electron chi connectivity index (χ2n) is 14.3. The highest BCUT2D eigenvalue weighted by Crippen LogP contribution is 2.41. The standard InChI is InChI=1S/C50H31N5O/c1-3-14-32(15-4-1)49-51-52-50(55(49)34-16-5-2-6-17-34)33-26-27-39-37-20-7-10-23-43(37)53(45(39)30-33)35-18-13-19-36(31-35)54-44-24-11-8-21-38(44)41-28-29-42-40-22-9-12-25-46(40)56-48(42)47(41)54/h1-31H. The first-order valence-corrected chi connectivity index (χ1v) is 18.8. The quantitative estimate of drug-likeness (QED) is 0.178. The molecule has 8 aromatic carbocycles. The van der Waals surface area contributed by atoms with Crippen LogP contribution >= 0.6 is 0 Å². The van der Waals surface area contributed by atoms with Gasteiger partial charge in [-0.1, -0.05) is 127 Å². The minimum atomic E-state index is 0.780. The lowest BCUT2D eigenvalue weighted by atomic mass is 10.1. The van der Waals surface area contributed by atoms with Crippen molar-refractivity contribution in [3.8, 4) is 39.8 Å². The molecular formula is C50H31N5O. The first-order chi connectivity index (χ1) is 27.8. The van der Waals surface area contributed by atoms with Gasteiger partial charge >= 0.3 is 0 Å². The van der Waals surface area contributed by atoms with E-state index in [1.807, 2.05) is 30.3 Å². The zero-order valence-electron chi connectivity index (χ0n) is 30.0. The lowest BCUT2D eigenvalue weighted by Crippen LogP contribution is -2.01. The summed E-state index contributed by atoms with van der Waals surface area (Å²) in [6, 6.07) is 66.2. The lowest BCUT2D eigenvalue weighted by molar-refractivity contribution is 0.671. The number of benzene rings is 8. The van der Waals surface area contributed by atoms with Gasteiger partial charge in [0.15, 0.2) is 17.2 Å². The molecule has 0 saturated heterocycles. The fourth-order valence-electron chi connectivity index (χ4n) is 8.73. The first kappa shape index (κ1) is 30.7. The smallest absolute Gasteiger partial charge is 0.168 e. The number of furan rings is 1. The lowest BCUT2D eigenvalue weighted by Gasteiger charge is -2.14. The number of fused-ring (bicyclic) bond motifs is 10. The van der Waals surface area contributed by atoms with Crippen molar-refractivity contribution >= 4 is 65.6 Å². The van der Waals surface area contributed by atoms with Gasteiger partial charge in [0.05, 0.1) is 22.1 Å². The normalized spacial score (nSPS) is 11.9. The van der Waals surface area contributed by atoms with Gasteiger partial charge in [-0.15, -0.1) is 10.2 Å². The van der Waals surface area contributed by atoms with Crippen LogP contribution in [0.4, 0.5) is 0 Å². The molecule has 0 amide bonds. The van der Waals surface area contributed by atoms with E-state index in [1.165, 1.54) is 16.2 Å². The van der Waals surface area contributed by atoms with E-state index in [4.69, 9.17) is 14.6 Å². The average Bonchev–Trinajstić information content (AvgIpc) is 4.04. The van der Waals surface area contributed by atoms with Gasteiger partial charge in [0, 0.05) is 60.5 Å². The number of para-hydroxylation sites is 4. The Labute approximate surface area is 320 Å². The highest BCUT2D eigenvalue weighted by atomic mass is 16.3. The molecule has 0 aliphatic rings. The molecule has 6 heteroatoms. The molecule has 12 rings (SSSR count). The summed E-state index contributed by atoms with van der Waals surface area (Å²) in [4.78, 5) is 0. The Morgan fingerprint density at radius 1 is 0.339 bits per heavy atom. The second-order valence-corrected chi connectivity index (χ2v) is 14.3. The molecule has 0 bridgehead atoms. The maximum absolute atomic E-state index is 6.66. The van der Waals surface area contributed by atoms with Crippen molar-refractivity contribution in [2.75, 3.05) is 0 Å². The number of rotatable bonds is 5. The predicted octanol–water partition coefficient (Wildman–Crippen LogP) is 12.7. The highest BCUT2D eigenvalue weighted by Gasteiger charge is 2.22. The van der Waals surface area contributed by atoms with E-state index < -0.39 is 0 Å². The molecule has 0 aliphatic heterocycles. The molecule has 0 fully saturated rings. The van der Waals surface area contributed by atoms with Crippen LogP contribution in [0.25, 0.3) is 105 Å². The molecule has 0 atom stereocenters. The molecule has 0 saturated carbocycles. The van der Waals surface area contributed by atoms with Gasteiger partial charge in [0.1, 0.15) is 5.58 Å². The van der Waals surface area contributed by atoms with E-state index in [0.717, 1.165) is 89.2 Å². The molecule has 0 aliphatic carbocycles. The Morgan fingerprint density at radius 2 is 0.893 bits per heavy atom. The summed E-state index contributed by atoms with van der Waals surface area (Å²) in [5.41, 5.74) is 11.3. The molecule has 6 nitrogen and oxygen atoms in total. The molecule has 0 spiro atoms. The third-order valence-electron chi connectivity index (χ3n) is 11.2. The van der Waals surface area contributed by atoms with Gasteiger partial charge in [-0.25, -0.2) is 0 Å². The number of hydrogen-bond acceptors (Lipinski definition) is 3. The molecule has 4 aromatic heterocycles. The van der Waals surface area contributed by atoms with Crippen LogP contribution in [0.2, 0.25) is 0 Å². The van der Waals surface area contributed by atoms with Crippen molar-refractivity contribution in [3.63, 3.8) is 0 Å². The van der Waals surface area contributed by atoms with Crippen LogP contribution in [-0.4, -0.2) is 23.9 Å². The van der Waals surface area contributed by atoms with Crippen LogP contribution in [-0.2, 0) is 0 Å². The van der Waals surface area contributed by atoms with Crippen LogP contribution in [0, 0.1) is 0 Å². The average molecular weight is 718 g/mol. The monoisotopic (exact) mass is 717 g/mol. The van der Waals surface area contributed by atoms with Crippen molar-refractivity contribution in [1.82, 2.24) is 23.9 Å². The molecule has 56 heavy (non-hydrogen) atoms. The second kappa shape index (κ2) is 11.9. The summed E-state index contributed by atoms with van der Waals surface area (Å²) in [5, 5.41) is 16.5. The van der Waals surface area contributed by atoms with Gasteiger partial charge in [-0.3, -0.25) is 4.57 Å². The van der Waals surface area contributed by atoms with E-state index >= 15 is 0 Å². The molecule has 0 unspecified atom stereocenters. The highest BCUT2D eigenvalue weighted by molar-refractivity contribution is 6.21. The van der Waals surface area contributed by atoms with E-state index in [0.29, 0.717) is 0 Å². The summed E-state index contributed by atoms with van der Waals surface area (Å²) in [6.45, 7) is 0. The summed E-state index contributed by atoms with van der Waals surface area (Å²) >= 11 is 0. The van der Waals surface area contributed by atoms with Crippen molar-refractivity contribution in [3.05, 3.63) is 188 Å². The van der Waals surface area contributed by atoms with E-state index in [-0.39, 0.29) is 0 Å². The molecule has 0 radical (unpaired) electrons. The number of aromatic nitrogens is 5. The maximum Gasteiger partial charge on any atom is 0.168 e. The van der Waals surface area contributed by atoms with E-state index in [2.05, 4.69) is 171 Å². The van der Waals surface area contributed by atoms with E-state index in [9.17, 15) is 0 Å². The number of nitrogens with zero attached hydrogens (tertiary/aromatic N) is 5. The van der Waals surface area contributed by atoms with Crippen molar-refractivity contribution in [1.29, 1.82) is 0 Å². The fourth-order valence-corrected chi connectivity index (χ4v) is 8.73. The third-order valence-corrected chi connectivity index (χ3v) is 11.2. The zero-order chi connectivity index (χ0) is 36.7. The molecular weight excluding hydrogens is 687 g/mol. The summed E-state index contributed by atoms with van der Waals surface area (Å²) < 4.78 is 13.6. The van der Waals surface area contributed by atoms with Gasteiger partial charge in [0.2, 0.25) is 0 Å². The van der Waals surface area contributed by atoms with Gasteiger partial charge in [-0.2, -0.15) is 0 Å². The van der Waals surface area contributed by atoms with Crippen LogP contribution in [0.5, 0.6) is 0 Å². The Kier molecular flexibility index (Phi) is 6.53. The van der Waals surface area contributed by atoms with Crippen molar-refractivity contribution in [2.24, 2.45) is 0 Å². The van der Waals surface area contributed by atoms with Gasteiger partial charge < -0.3 is 13.6 Å². The fraction of sp³-hybridized carbons (Fsp3) is 0. The van der Waals surface area contributed by atoms with Gasteiger partial charge in [-0.05, 0) is 60.7 Å². The van der Waals surface area contributed by atoms with Crippen LogP contribution < -0.4 is 0 Å². The Hall–Kier alpha value is -7.70. The van der Waals surface area contributed by atoms with Gasteiger partial charge in [0.25, 0.3) is 0 Å². The molecule has 0 N–H and O–H groups in total. The largest absolute Gasteiger partial charge is 0.454 e. The minimum Gasteiger partial charge on any atom is -0.454 e. The SMILES string of the molecule is c1ccc(-c2nnc(-c3ccc4c5ccccc5n(-c5cccc(-n6c7ccccc7c7ccc8c9ccccc9oc8c76)c5)c4c3)n2-c2ccccc2)cc1. The Balaban J connectivity index is 1.10. The van der Waals surface area contributed by atoms with Crippen molar-refractivity contribution in [2.45, 2.75) is 0 Å². The first-order valence-electron chi connectivity index (χ1n) is 18.8. The minimum absolute atomic E-state index is 0.780. The Morgan fingerprint density at radius 3 is 1.68 bits per heavy atom. The maximum atomic E-state index is 6.66. The molecule has 262 valence electrons. The number of hydrogen-bond donors (Lipinski definition) is 0. The summed E-state index contributed by atoms with van der Waals surface area (Å²) in [7, 11) is 0. The molecule has 4 heterocycles. The molecule has 12 aromatic rings. The van der Waals surface area contributed by atoms with Crippen molar-refractivity contribution < 1.29 is 4.42 Å². The topological polar surface area (TPSA) is 53.7 Å². The Bertz CT molecular complexity index is 3480. The zero-order valence-corrected chi connectivity index (χ0v) is 30.0. The van der Waals surface area contributed by atoms with E-state index in [1.54, 1.807) is 0 Å². The summed E-state index contributed by atoms with van der Waals surface area (Å²) in [6.07, 6.45) is 0. The summed E-state index contributed by atoms with van der Waals surface area (Å²) in [5.74, 6) is 1.58. The van der Waals surface area contributed by atoms with Crippen LogP contribution in [0.3, 0.4) is 0 Å². The van der Waals surface area contributed by atoms with Crippen LogP contribution in [0.15, 0.2) is 192 Å². The predicted molar refractivity (Wildman–Crippen MR) is 228 cm³/mol. The third kappa shape index (κ3) is 4.44.